The van der Waals surface area contributed by atoms with Crippen LogP contribution in [0.25, 0.3) is 0 Å². The lowest BCUT2D eigenvalue weighted by Gasteiger charge is -2.54. The molecule has 0 aromatic rings. The molecule has 0 aromatic heterocycles. The standard InChI is InChI=1S/C20H35N3O3/c1-16(24)21-13-9-20(26,10-14-21)15-22-11-5-4-7-18-19(22,3)8-6-12-23(18)17(2)25/h18,26H,4-15H2,1-3H3/t18-,19-/m0/s1. The minimum atomic E-state index is -0.734. The molecule has 0 spiro atoms. The van der Waals surface area contributed by atoms with Gasteiger partial charge in [-0.05, 0) is 52.0 Å². The van der Waals surface area contributed by atoms with E-state index < -0.39 is 5.60 Å². The number of amides is 2. The van der Waals surface area contributed by atoms with Crippen LogP contribution in [0.4, 0.5) is 0 Å². The first-order valence-electron chi connectivity index (χ1n) is 10.3. The number of carbonyl (C=O) groups excluding carboxylic acids is 2. The van der Waals surface area contributed by atoms with Gasteiger partial charge in [0.25, 0.3) is 0 Å². The first kappa shape index (κ1) is 19.6. The predicted molar refractivity (Wildman–Crippen MR) is 101 cm³/mol. The van der Waals surface area contributed by atoms with Crippen LogP contribution >= 0.6 is 0 Å². The van der Waals surface area contributed by atoms with Gasteiger partial charge in [-0.15, -0.1) is 0 Å². The third kappa shape index (κ3) is 3.77. The number of aliphatic hydroxyl groups is 1. The highest BCUT2D eigenvalue weighted by atomic mass is 16.3. The number of piperidine rings is 2. The number of nitrogens with zero attached hydrogens (tertiary/aromatic N) is 3. The van der Waals surface area contributed by atoms with Crippen molar-refractivity contribution in [2.75, 3.05) is 32.7 Å². The molecule has 26 heavy (non-hydrogen) atoms. The van der Waals surface area contributed by atoms with Crippen molar-refractivity contribution >= 4 is 11.8 Å². The van der Waals surface area contributed by atoms with Gasteiger partial charge >= 0.3 is 0 Å². The van der Waals surface area contributed by atoms with E-state index in [2.05, 4.69) is 16.7 Å². The van der Waals surface area contributed by atoms with Crippen molar-refractivity contribution in [3.8, 4) is 0 Å². The maximum atomic E-state index is 12.2. The van der Waals surface area contributed by atoms with Crippen LogP contribution in [-0.4, -0.2) is 81.5 Å². The quantitative estimate of drug-likeness (QED) is 0.808. The van der Waals surface area contributed by atoms with Crippen LogP contribution in [0, 0.1) is 0 Å². The summed E-state index contributed by atoms with van der Waals surface area (Å²) in [6.45, 7) is 9.36. The molecule has 3 saturated heterocycles. The Morgan fingerprint density at radius 3 is 2.27 bits per heavy atom. The average molecular weight is 366 g/mol. The fourth-order valence-corrected chi connectivity index (χ4v) is 5.38. The van der Waals surface area contributed by atoms with Crippen molar-refractivity contribution < 1.29 is 14.7 Å². The third-order valence-electron chi connectivity index (χ3n) is 7.08. The second kappa shape index (κ2) is 7.47. The molecule has 2 atom stereocenters. The van der Waals surface area contributed by atoms with Gasteiger partial charge in [0.05, 0.1) is 5.60 Å². The van der Waals surface area contributed by atoms with Crippen LogP contribution in [0.15, 0.2) is 0 Å². The summed E-state index contributed by atoms with van der Waals surface area (Å²) in [5.41, 5.74) is -0.795. The summed E-state index contributed by atoms with van der Waals surface area (Å²) in [4.78, 5) is 30.2. The monoisotopic (exact) mass is 365 g/mol. The summed E-state index contributed by atoms with van der Waals surface area (Å²) >= 11 is 0. The molecule has 3 rings (SSSR count). The molecular formula is C20H35N3O3. The number of β-amino-alcohol motifs (C(OH)–C–C–N with tert-alkyl or cyclic N) is 1. The van der Waals surface area contributed by atoms with Gasteiger partial charge in [-0.1, -0.05) is 6.42 Å². The Hall–Kier alpha value is -1.14. The minimum Gasteiger partial charge on any atom is -0.388 e. The lowest BCUT2D eigenvalue weighted by Crippen LogP contribution is -2.66. The fraction of sp³-hybridized carbons (Fsp3) is 0.900. The Labute approximate surface area is 157 Å². The zero-order valence-electron chi connectivity index (χ0n) is 16.7. The van der Waals surface area contributed by atoms with Crippen LogP contribution in [-0.2, 0) is 9.59 Å². The summed E-state index contributed by atoms with van der Waals surface area (Å²) in [7, 11) is 0. The zero-order valence-corrected chi connectivity index (χ0v) is 16.7. The SMILES string of the molecule is CC(=O)N1CCC(O)(CN2CCCC[C@@H]3N(C(C)=O)CCC[C@@]32C)CC1. The van der Waals surface area contributed by atoms with Crippen LogP contribution in [0.5, 0.6) is 0 Å². The van der Waals surface area contributed by atoms with Gasteiger partial charge in [0.1, 0.15) is 0 Å². The molecule has 0 saturated carbocycles. The fourth-order valence-electron chi connectivity index (χ4n) is 5.38. The molecule has 0 aliphatic carbocycles. The Balaban J connectivity index is 1.76. The largest absolute Gasteiger partial charge is 0.388 e. The van der Waals surface area contributed by atoms with Gasteiger partial charge in [-0.3, -0.25) is 14.5 Å². The van der Waals surface area contributed by atoms with Gasteiger partial charge in [0.15, 0.2) is 0 Å². The minimum absolute atomic E-state index is 0.0616. The van der Waals surface area contributed by atoms with Gasteiger partial charge < -0.3 is 14.9 Å². The first-order valence-corrected chi connectivity index (χ1v) is 10.3. The summed E-state index contributed by atoms with van der Waals surface area (Å²) < 4.78 is 0. The second-order valence-corrected chi connectivity index (χ2v) is 8.84. The molecule has 0 bridgehead atoms. The molecule has 3 aliphatic heterocycles. The third-order valence-corrected chi connectivity index (χ3v) is 7.08. The molecule has 2 amide bonds. The Morgan fingerprint density at radius 1 is 0.962 bits per heavy atom. The van der Waals surface area contributed by atoms with Gasteiger partial charge in [-0.25, -0.2) is 0 Å². The second-order valence-electron chi connectivity index (χ2n) is 8.84. The lowest BCUT2D eigenvalue weighted by atomic mass is 9.78. The van der Waals surface area contributed by atoms with Crippen LogP contribution in [0.2, 0.25) is 0 Å². The summed E-state index contributed by atoms with van der Waals surface area (Å²) in [5.74, 6) is 0.273. The average Bonchev–Trinajstić information content (AvgIpc) is 2.74. The molecule has 6 nitrogen and oxygen atoms in total. The maximum Gasteiger partial charge on any atom is 0.219 e. The van der Waals surface area contributed by atoms with Gasteiger partial charge in [0, 0.05) is 51.6 Å². The number of rotatable bonds is 2. The molecule has 1 N–H and O–H groups in total. The van der Waals surface area contributed by atoms with E-state index >= 15 is 0 Å². The molecule has 3 fully saturated rings. The normalized spacial score (nSPS) is 32.7. The van der Waals surface area contributed by atoms with E-state index in [1.165, 1.54) is 0 Å². The van der Waals surface area contributed by atoms with Crippen molar-refractivity contribution in [3.05, 3.63) is 0 Å². The van der Waals surface area contributed by atoms with E-state index in [4.69, 9.17) is 0 Å². The Bertz CT molecular complexity index is 544. The summed E-state index contributed by atoms with van der Waals surface area (Å²) in [6, 6.07) is 0.247. The van der Waals surface area contributed by atoms with Crippen molar-refractivity contribution in [1.82, 2.24) is 14.7 Å². The number of hydrogen-bond donors (Lipinski definition) is 1. The number of likely N-dealkylation sites (tertiary alicyclic amines) is 3. The summed E-state index contributed by atoms with van der Waals surface area (Å²) in [5, 5.41) is 11.2. The van der Waals surface area contributed by atoms with E-state index in [0.29, 0.717) is 32.5 Å². The molecule has 0 aromatic carbocycles. The van der Waals surface area contributed by atoms with E-state index in [-0.39, 0.29) is 23.4 Å². The number of hydrogen-bond acceptors (Lipinski definition) is 4. The molecule has 3 aliphatic rings. The van der Waals surface area contributed by atoms with Crippen molar-refractivity contribution in [2.45, 2.75) is 82.9 Å². The van der Waals surface area contributed by atoms with E-state index in [1.807, 2.05) is 4.90 Å². The van der Waals surface area contributed by atoms with Gasteiger partial charge in [0.2, 0.25) is 11.8 Å². The zero-order chi connectivity index (χ0) is 18.9. The highest BCUT2D eigenvalue weighted by molar-refractivity contribution is 5.74. The highest BCUT2D eigenvalue weighted by Crippen LogP contribution is 2.40. The predicted octanol–water partition coefficient (Wildman–Crippen LogP) is 1.62. The maximum absolute atomic E-state index is 12.2. The van der Waals surface area contributed by atoms with Crippen LogP contribution in [0.3, 0.4) is 0 Å². The van der Waals surface area contributed by atoms with Gasteiger partial charge in [-0.2, -0.15) is 0 Å². The van der Waals surface area contributed by atoms with Crippen LogP contribution < -0.4 is 0 Å². The Morgan fingerprint density at radius 2 is 1.65 bits per heavy atom. The van der Waals surface area contributed by atoms with Crippen molar-refractivity contribution in [3.63, 3.8) is 0 Å². The first-order chi connectivity index (χ1) is 12.3. The smallest absolute Gasteiger partial charge is 0.219 e. The summed E-state index contributed by atoms with van der Waals surface area (Å²) in [6.07, 6.45) is 6.70. The van der Waals surface area contributed by atoms with Crippen molar-refractivity contribution in [1.29, 1.82) is 0 Å². The molecular weight excluding hydrogens is 330 g/mol. The van der Waals surface area contributed by atoms with E-state index in [9.17, 15) is 14.7 Å². The topological polar surface area (TPSA) is 64.1 Å². The van der Waals surface area contributed by atoms with E-state index in [1.54, 1.807) is 13.8 Å². The molecule has 0 unspecified atom stereocenters. The Kier molecular flexibility index (Phi) is 5.63. The van der Waals surface area contributed by atoms with Crippen LogP contribution in [0.1, 0.15) is 65.7 Å². The molecule has 0 radical (unpaired) electrons. The lowest BCUT2D eigenvalue weighted by molar-refractivity contribution is -0.142. The van der Waals surface area contributed by atoms with Crippen molar-refractivity contribution in [2.24, 2.45) is 0 Å². The molecule has 148 valence electrons. The molecule has 6 heteroatoms. The van der Waals surface area contributed by atoms with E-state index in [0.717, 1.165) is 45.2 Å². The highest BCUT2D eigenvalue weighted by Gasteiger charge is 2.49. The number of fused-ring (bicyclic) bond motifs is 1. The number of carbonyl (C=O) groups is 2. The molecule has 3 heterocycles.